The lowest BCUT2D eigenvalue weighted by Crippen LogP contribution is -2.25. The molecule has 1 aromatic carbocycles. The Bertz CT molecular complexity index is 308. The van der Waals surface area contributed by atoms with Crippen LogP contribution in [0.5, 0.6) is 5.75 Å². The highest BCUT2D eigenvalue weighted by Crippen LogP contribution is 2.13. The van der Waals surface area contributed by atoms with Gasteiger partial charge in [0.1, 0.15) is 5.75 Å². The molecule has 0 unspecified atom stereocenters. The first-order valence-electron chi connectivity index (χ1n) is 4.34. The molecule has 76 valence electrons. The normalized spacial score (nSPS) is 12.4. The van der Waals surface area contributed by atoms with Crippen LogP contribution in [0.3, 0.4) is 0 Å². The van der Waals surface area contributed by atoms with Crippen LogP contribution in [0.2, 0.25) is 0 Å². The van der Waals surface area contributed by atoms with Gasteiger partial charge in [0, 0.05) is 6.54 Å². The fraction of sp³-hybridized carbons (Fsp3) is 0.300. The second-order valence-corrected chi connectivity index (χ2v) is 3.14. The zero-order valence-electron chi connectivity index (χ0n) is 7.68. The van der Waals surface area contributed by atoms with Gasteiger partial charge in [-0.1, -0.05) is 12.1 Å². The third-order valence-corrected chi connectivity index (χ3v) is 2.05. The van der Waals surface area contributed by atoms with Crippen molar-refractivity contribution in [2.45, 2.75) is 6.42 Å². The number of hydrogen-bond donors (Lipinski definition) is 3. The van der Waals surface area contributed by atoms with Crippen LogP contribution in [-0.2, 0) is 11.2 Å². The van der Waals surface area contributed by atoms with Gasteiger partial charge in [0.2, 0.25) is 0 Å². The molecular weight excluding hydrogens is 182 g/mol. The monoisotopic (exact) mass is 195 g/mol. The summed E-state index contributed by atoms with van der Waals surface area (Å²) < 4.78 is 0. The van der Waals surface area contributed by atoms with Crippen molar-refractivity contribution in [3.05, 3.63) is 29.8 Å². The summed E-state index contributed by atoms with van der Waals surface area (Å²) >= 11 is 0. The number of carbonyl (C=O) groups is 1. The van der Waals surface area contributed by atoms with E-state index in [4.69, 9.17) is 15.9 Å². The Hall–Kier alpha value is -1.55. The van der Waals surface area contributed by atoms with E-state index in [9.17, 15) is 4.79 Å². The van der Waals surface area contributed by atoms with Crippen molar-refractivity contribution in [2.24, 2.45) is 11.7 Å². The fourth-order valence-electron chi connectivity index (χ4n) is 1.19. The zero-order chi connectivity index (χ0) is 10.6. The largest absolute Gasteiger partial charge is 0.508 e. The molecule has 0 aliphatic carbocycles. The molecule has 0 saturated carbocycles. The van der Waals surface area contributed by atoms with Gasteiger partial charge in [-0.25, -0.2) is 0 Å². The number of phenols is 1. The molecule has 0 heterocycles. The molecule has 0 aromatic heterocycles. The molecule has 4 N–H and O–H groups in total. The van der Waals surface area contributed by atoms with Gasteiger partial charge in [0.05, 0.1) is 5.92 Å². The van der Waals surface area contributed by atoms with E-state index in [1.807, 2.05) is 0 Å². The van der Waals surface area contributed by atoms with Gasteiger partial charge in [-0.2, -0.15) is 0 Å². The second kappa shape index (κ2) is 4.62. The van der Waals surface area contributed by atoms with Gasteiger partial charge in [-0.15, -0.1) is 0 Å². The Labute approximate surface area is 82.0 Å². The van der Waals surface area contributed by atoms with E-state index >= 15 is 0 Å². The van der Waals surface area contributed by atoms with Crippen molar-refractivity contribution in [1.29, 1.82) is 0 Å². The Morgan fingerprint density at radius 3 is 2.36 bits per heavy atom. The molecule has 4 heteroatoms. The van der Waals surface area contributed by atoms with E-state index in [0.717, 1.165) is 5.56 Å². The molecule has 0 saturated heterocycles. The number of aliphatic carboxylic acids is 1. The Balaban J connectivity index is 2.67. The van der Waals surface area contributed by atoms with Gasteiger partial charge >= 0.3 is 5.97 Å². The van der Waals surface area contributed by atoms with E-state index in [0.29, 0.717) is 6.42 Å². The third kappa shape index (κ3) is 2.74. The summed E-state index contributed by atoms with van der Waals surface area (Å²) in [5.41, 5.74) is 6.18. The molecule has 0 spiro atoms. The van der Waals surface area contributed by atoms with Crippen molar-refractivity contribution in [3.63, 3.8) is 0 Å². The number of carboxylic acid groups (broad SMARTS) is 1. The van der Waals surface area contributed by atoms with Crippen molar-refractivity contribution in [3.8, 4) is 5.75 Å². The van der Waals surface area contributed by atoms with Crippen LogP contribution in [0.1, 0.15) is 5.56 Å². The highest BCUT2D eigenvalue weighted by Gasteiger charge is 2.15. The maximum absolute atomic E-state index is 10.7. The quantitative estimate of drug-likeness (QED) is 0.656. The van der Waals surface area contributed by atoms with Gasteiger partial charge in [0.25, 0.3) is 0 Å². The summed E-state index contributed by atoms with van der Waals surface area (Å²) in [7, 11) is 0. The smallest absolute Gasteiger partial charge is 0.308 e. The first-order chi connectivity index (χ1) is 6.63. The van der Waals surface area contributed by atoms with E-state index in [1.165, 1.54) is 12.1 Å². The number of benzene rings is 1. The summed E-state index contributed by atoms with van der Waals surface area (Å²) in [5.74, 6) is -1.27. The van der Waals surface area contributed by atoms with Crippen LogP contribution < -0.4 is 5.73 Å². The predicted octanol–water partition coefficient (Wildman–Crippen LogP) is 0.594. The van der Waals surface area contributed by atoms with Crippen molar-refractivity contribution in [1.82, 2.24) is 0 Å². The van der Waals surface area contributed by atoms with Gasteiger partial charge in [-0.05, 0) is 24.1 Å². The summed E-state index contributed by atoms with van der Waals surface area (Å²) in [6, 6.07) is 6.46. The average Bonchev–Trinajstić information content (AvgIpc) is 2.16. The molecule has 0 fully saturated rings. The number of phenolic OH excluding ortho intramolecular Hbond substituents is 1. The van der Waals surface area contributed by atoms with E-state index < -0.39 is 11.9 Å². The highest BCUT2D eigenvalue weighted by atomic mass is 16.4. The first kappa shape index (κ1) is 10.5. The maximum Gasteiger partial charge on any atom is 0.308 e. The third-order valence-electron chi connectivity index (χ3n) is 2.05. The fourth-order valence-corrected chi connectivity index (χ4v) is 1.19. The summed E-state index contributed by atoms with van der Waals surface area (Å²) in [5, 5.41) is 17.8. The molecule has 0 radical (unpaired) electrons. The van der Waals surface area contributed by atoms with E-state index in [1.54, 1.807) is 12.1 Å². The van der Waals surface area contributed by atoms with Gasteiger partial charge in [0.15, 0.2) is 0 Å². The summed E-state index contributed by atoms with van der Waals surface area (Å²) in [4.78, 5) is 10.7. The Morgan fingerprint density at radius 1 is 1.36 bits per heavy atom. The van der Waals surface area contributed by atoms with Crippen LogP contribution in [0.15, 0.2) is 24.3 Å². The molecule has 0 aliphatic rings. The lowest BCUT2D eigenvalue weighted by Gasteiger charge is -2.09. The number of rotatable bonds is 4. The standard InChI is InChI=1S/C10H13NO3/c11-6-8(10(13)14)5-7-1-3-9(12)4-2-7/h1-4,8,12H,5-6,11H2,(H,13,14)/t8-/m1/s1. The minimum atomic E-state index is -0.888. The number of aromatic hydroxyl groups is 1. The van der Waals surface area contributed by atoms with Gasteiger partial charge < -0.3 is 15.9 Å². The van der Waals surface area contributed by atoms with Crippen molar-refractivity contribution < 1.29 is 15.0 Å². The number of nitrogens with two attached hydrogens (primary N) is 1. The maximum atomic E-state index is 10.7. The highest BCUT2D eigenvalue weighted by molar-refractivity contribution is 5.70. The van der Waals surface area contributed by atoms with E-state index in [-0.39, 0.29) is 12.3 Å². The molecule has 0 aliphatic heterocycles. The summed E-state index contributed by atoms with van der Waals surface area (Å²) in [6.45, 7) is 0.121. The molecule has 14 heavy (non-hydrogen) atoms. The number of carboxylic acids is 1. The zero-order valence-corrected chi connectivity index (χ0v) is 7.68. The van der Waals surface area contributed by atoms with Crippen molar-refractivity contribution in [2.75, 3.05) is 6.54 Å². The van der Waals surface area contributed by atoms with Gasteiger partial charge in [-0.3, -0.25) is 4.79 Å². The Morgan fingerprint density at radius 2 is 1.93 bits per heavy atom. The predicted molar refractivity (Wildman–Crippen MR) is 52.0 cm³/mol. The van der Waals surface area contributed by atoms with E-state index in [2.05, 4.69) is 0 Å². The SMILES string of the molecule is NC[C@@H](Cc1ccc(O)cc1)C(=O)O. The molecule has 1 atom stereocenters. The topological polar surface area (TPSA) is 83.5 Å². The Kier molecular flexibility index (Phi) is 3.48. The lowest BCUT2D eigenvalue weighted by atomic mass is 10.00. The van der Waals surface area contributed by atoms with Crippen LogP contribution >= 0.6 is 0 Å². The van der Waals surface area contributed by atoms with Crippen LogP contribution in [0, 0.1) is 5.92 Å². The molecular formula is C10H13NO3. The molecule has 1 aromatic rings. The summed E-state index contributed by atoms with van der Waals surface area (Å²) in [6.07, 6.45) is 0.395. The van der Waals surface area contributed by atoms with Crippen LogP contribution in [-0.4, -0.2) is 22.7 Å². The average molecular weight is 195 g/mol. The second-order valence-electron chi connectivity index (χ2n) is 3.14. The lowest BCUT2D eigenvalue weighted by molar-refractivity contribution is -0.141. The molecule has 0 bridgehead atoms. The molecule has 0 amide bonds. The van der Waals surface area contributed by atoms with Crippen LogP contribution in [0.25, 0.3) is 0 Å². The van der Waals surface area contributed by atoms with Crippen LogP contribution in [0.4, 0.5) is 0 Å². The van der Waals surface area contributed by atoms with Crippen molar-refractivity contribution >= 4 is 5.97 Å². The number of hydrogen-bond acceptors (Lipinski definition) is 3. The first-order valence-corrected chi connectivity index (χ1v) is 4.34. The molecule has 1 rings (SSSR count). The minimum absolute atomic E-state index is 0.121. The molecule has 4 nitrogen and oxygen atoms in total. The minimum Gasteiger partial charge on any atom is -0.508 e.